The third-order valence-electron chi connectivity index (χ3n) is 4.32. The van der Waals surface area contributed by atoms with Crippen molar-refractivity contribution in [1.82, 2.24) is 9.97 Å². The molecule has 146 valence electrons. The molecule has 0 atom stereocenters. The molecule has 0 aliphatic heterocycles. The molecule has 0 radical (unpaired) electrons. The van der Waals surface area contributed by atoms with E-state index in [1.54, 1.807) is 0 Å². The van der Waals surface area contributed by atoms with Gasteiger partial charge in [-0.05, 0) is 64.3 Å². The van der Waals surface area contributed by atoms with Gasteiger partial charge >= 0.3 is 6.03 Å². The van der Waals surface area contributed by atoms with Crippen molar-refractivity contribution in [3.8, 4) is 11.1 Å². The minimum absolute atomic E-state index is 0.306. The number of nitrogen functional groups attached to an aromatic ring is 1. The minimum atomic E-state index is -0.306. The maximum atomic E-state index is 12.3. The molecular formula is C20H15Br2N5OS. The van der Waals surface area contributed by atoms with Gasteiger partial charge in [0.05, 0.1) is 9.17 Å². The van der Waals surface area contributed by atoms with Crippen molar-refractivity contribution < 1.29 is 4.79 Å². The van der Waals surface area contributed by atoms with E-state index >= 15 is 0 Å². The first kappa shape index (κ1) is 19.8. The third kappa shape index (κ3) is 4.12. The standard InChI is InChI=1S/C20H15Br2N5OS/c1-10-8-13(6-7-14(10)21)27-20(28)26-12-4-2-11(3-5-12)15-16-18(23)24-9-25-19(16)29-17(15)22/h2-9H,1H3,(H2,23,24,25)(H2,26,27,28). The molecule has 0 aliphatic rings. The molecule has 2 heterocycles. The number of fused-ring (bicyclic) bond motifs is 1. The Balaban J connectivity index is 1.53. The molecule has 9 heteroatoms. The van der Waals surface area contributed by atoms with Crippen LogP contribution in [0.2, 0.25) is 0 Å². The molecule has 0 bridgehead atoms. The summed E-state index contributed by atoms with van der Waals surface area (Å²) in [5.74, 6) is 0.443. The fraction of sp³-hybridized carbons (Fsp3) is 0.0500. The summed E-state index contributed by atoms with van der Waals surface area (Å²) in [6, 6.07) is 12.9. The van der Waals surface area contributed by atoms with E-state index in [0.717, 1.165) is 40.9 Å². The minimum Gasteiger partial charge on any atom is -0.383 e. The molecule has 4 N–H and O–H groups in total. The van der Waals surface area contributed by atoms with Gasteiger partial charge in [0.2, 0.25) is 0 Å². The number of halogens is 2. The molecule has 29 heavy (non-hydrogen) atoms. The van der Waals surface area contributed by atoms with Crippen LogP contribution in [0.25, 0.3) is 21.3 Å². The molecule has 2 amide bonds. The summed E-state index contributed by atoms with van der Waals surface area (Å²) in [6.07, 6.45) is 1.46. The molecule has 0 aliphatic carbocycles. The molecule has 4 aromatic rings. The third-order valence-corrected chi connectivity index (χ3v) is 6.98. The molecule has 0 unspecified atom stereocenters. The van der Waals surface area contributed by atoms with E-state index in [1.165, 1.54) is 17.7 Å². The van der Waals surface area contributed by atoms with Crippen LogP contribution in [0.3, 0.4) is 0 Å². The molecule has 0 fully saturated rings. The first-order valence-electron chi connectivity index (χ1n) is 8.55. The normalized spacial score (nSPS) is 10.9. The number of nitrogens with zero attached hydrogens (tertiary/aromatic N) is 2. The molecule has 0 saturated heterocycles. The lowest BCUT2D eigenvalue weighted by Gasteiger charge is -2.10. The summed E-state index contributed by atoms with van der Waals surface area (Å²) in [5, 5.41) is 6.50. The van der Waals surface area contributed by atoms with Crippen LogP contribution >= 0.6 is 43.2 Å². The Morgan fingerprint density at radius 2 is 1.72 bits per heavy atom. The second-order valence-electron chi connectivity index (χ2n) is 6.31. The quantitative estimate of drug-likeness (QED) is 0.284. The van der Waals surface area contributed by atoms with E-state index in [9.17, 15) is 4.79 Å². The maximum Gasteiger partial charge on any atom is 0.323 e. The van der Waals surface area contributed by atoms with E-state index < -0.39 is 0 Å². The number of nitrogens with one attached hydrogen (secondary N) is 2. The Kier molecular flexibility index (Phi) is 5.53. The summed E-state index contributed by atoms with van der Waals surface area (Å²) < 4.78 is 1.93. The first-order valence-corrected chi connectivity index (χ1v) is 11.0. The van der Waals surface area contributed by atoms with E-state index in [2.05, 4.69) is 52.5 Å². The summed E-state index contributed by atoms with van der Waals surface area (Å²) in [4.78, 5) is 21.5. The molecule has 2 aromatic heterocycles. The van der Waals surface area contributed by atoms with E-state index in [4.69, 9.17) is 5.73 Å². The number of hydrogen-bond donors (Lipinski definition) is 3. The van der Waals surface area contributed by atoms with Gasteiger partial charge in [0.1, 0.15) is 17.0 Å². The monoisotopic (exact) mass is 531 g/mol. The Labute approximate surface area is 187 Å². The van der Waals surface area contributed by atoms with Crippen molar-refractivity contribution in [3.05, 3.63) is 62.6 Å². The van der Waals surface area contributed by atoms with Gasteiger partial charge in [-0.3, -0.25) is 0 Å². The Hall–Kier alpha value is -2.49. The lowest BCUT2D eigenvalue weighted by atomic mass is 10.1. The predicted octanol–water partition coefficient (Wildman–Crippen LogP) is 6.42. The van der Waals surface area contributed by atoms with Gasteiger partial charge in [0.25, 0.3) is 0 Å². The number of aromatic nitrogens is 2. The number of carbonyl (C=O) groups is 1. The lowest BCUT2D eigenvalue weighted by molar-refractivity contribution is 0.262. The number of aryl methyl sites for hydroxylation is 1. The Morgan fingerprint density at radius 1 is 1.03 bits per heavy atom. The fourth-order valence-corrected chi connectivity index (χ4v) is 4.96. The summed E-state index contributed by atoms with van der Waals surface area (Å²) >= 11 is 8.56. The Morgan fingerprint density at radius 3 is 2.45 bits per heavy atom. The van der Waals surface area contributed by atoms with Gasteiger partial charge in [-0.15, -0.1) is 11.3 Å². The van der Waals surface area contributed by atoms with Crippen molar-refractivity contribution in [2.24, 2.45) is 0 Å². The average Bonchev–Trinajstić information content (AvgIpc) is 3.02. The van der Waals surface area contributed by atoms with Crippen LogP contribution < -0.4 is 16.4 Å². The lowest BCUT2D eigenvalue weighted by Crippen LogP contribution is -2.19. The highest BCUT2D eigenvalue weighted by atomic mass is 79.9. The van der Waals surface area contributed by atoms with Crippen LogP contribution in [0.4, 0.5) is 22.0 Å². The van der Waals surface area contributed by atoms with Crippen LogP contribution in [0.1, 0.15) is 5.56 Å². The SMILES string of the molecule is Cc1cc(NC(=O)Nc2ccc(-c3c(Br)sc4ncnc(N)c34)cc2)ccc1Br. The zero-order chi connectivity index (χ0) is 20.5. The van der Waals surface area contributed by atoms with E-state index in [0.29, 0.717) is 11.5 Å². The number of hydrogen-bond acceptors (Lipinski definition) is 5. The van der Waals surface area contributed by atoms with Crippen molar-refractivity contribution in [3.63, 3.8) is 0 Å². The number of benzene rings is 2. The smallest absolute Gasteiger partial charge is 0.323 e. The van der Waals surface area contributed by atoms with Gasteiger partial charge < -0.3 is 16.4 Å². The highest BCUT2D eigenvalue weighted by Gasteiger charge is 2.16. The number of urea groups is 1. The number of nitrogens with two attached hydrogens (primary N) is 1. The van der Waals surface area contributed by atoms with Gasteiger partial charge in [-0.2, -0.15) is 0 Å². The van der Waals surface area contributed by atoms with Crippen LogP contribution in [-0.4, -0.2) is 16.0 Å². The zero-order valence-electron chi connectivity index (χ0n) is 15.2. The average molecular weight is 533 g/mol. The van der Waals surface area contributed by atoms with Gasteiger partial charge in [-0.1, -0.05) is 28.1 Å². The van der Waals surface area contributed by atoms with Crippen LogP contribution in [0, 0.1) is 6.92 Å². The maximum absolute atomic E-state index is 12.3. The molecule has 2 aromatic carbocycles. The summed E-state index contributed by atoms with van der Waals surface area (Å²) in [5.41, 5.74) is 10.4. The zero-order valence-corrected chi connectivity index (χ0v) is 19.2. The Bertz CT molecular complexity index is 1220. The molecule has 4 rings (SSSR count). The number of thiophene rings is 1. The highest BCUT2D eigenvalue weighted by molar-refractivity contribution is 9.11. The van der Waals surface area contributed by atoms with Crippen LogP contribution in [-0.2, 0) is 0 Å². The number of amides is 2. The van der Waals surface area contributed by atoms with Gasteiger partial charge in [-0.25, -0.2) is 14.8 Å². The topological polar surface area (TPSA) is 92.9 Å². The van der Waals surface area contributed by atoms with E-state index in [1.807, 2.05) is 49.4 Å². The number of rotatable bonds is 3. The summed E-state index contributed by atoms with van der Waals surface area (Å²) in [7, 11) is 0. The van der Waals surface area contributed by atoms with Crippen molar-refractivity contribution in [1.29, 1.82) is 0 Å². The predicted molar refractivity (Wildman–Crippen MR) is 126 cm³/mol. The molecule has 0 saturated carbocycles. The molecule has 0 spiro atoms. The van der Waals surface area contributed by atoms with Crippen LogP contribution in [0.15, 0.2) is 57.1 Å². The second-order valence-corrected chi connectivity index (χ2v) is 9.48. The number of carbonyl (C=O) groups excluding carboxylic acids is 1. The molecule has 6 nitrogen and oxygen atoms in total. The van der Waals surface area contributed by atoms with Crippen molar-refractivity contribution in [2.75, 3.05) is 16.4 Å². The molecular weight excluding hydrogens is 518 g/mol. The van der Waals surface area contributed by atoms with E-state index in [-0.39, 0.29) is 6.03 Å². The first-order chi connectivity index (χ1) is 13.9. The van der Waals surface area contributed by atoms with Gasteiger partial charge in [0.15, 0.2) is 0 Å². The largest absolute Gasteiger partial charge is 0.383 e. The highest BCUT2D eigenvalue weighted by Crippen LogP contribution is 2.43. The van der Waals surface area contributed by atoms with Gasteiger partial charge in [0, 0.05) is 21.4 Å². The summed E-state index contributed by atoms with van der Waals surface area (Å²) in [6.45, 7) is 1.97. The fourth-order valence-electron chi connectivity index (χ4n) is 2.92. The van der Waals surface area contributed by atoms with Crippen molar-refractivity contribution >= 4 is 76.6 Å². The van der Waals surface area contributed by atoms with Crippen molar-refractivity contribution in [2.45, 2.75) is 6.92 Å². The number of anilines is 3. The van der Waals surface area contributed by atoms with Crippen LogP contribution in [0.5, 0.6) is 0 Å². The second kappa shape index (κ2) is 8.10.